The monoisotopic (exact) mass is 786 g/mol. The molecule has 0 bridgehead atoms. The van der Waals surface area contributed by atoms with Crippen LogP contribution in [0.1, 0.15) is 0 Å². The number of aromatic nitrogens is 4. The number of benzene rings is 8. The van der Waals surface area contributed by atoms with Crippen molar-refractivity contribution in [1.82, 2.24) is 19.1 Å². The SMILES string of the molecule is C[Si](C)(C)c1ccc(-n2c3ccccc3c3ccc(-c4ccc5c(c4)c4ccccc4n5-c4cccc(-c5nc(-c6ccccc6)cc(-c6ccccc6)n5)c4)cc32)cc1. The molecule has 0 N–H and O–H groups in total. The van der Waals surface area contributed by atoms with Gasteiger partial charge in [-0.05, 0) is 71.8 Å². The Labute approximate surface area is 350 Å². The zero-order valence-corrected chi connectivity index (χ0v) is 34.8. The van der Waals surface area contributed by atoms with Crippen LogP contribution in [0.5, 0.6) is 0 Å². The average Bonchev–Trinajstić information content (AvgIpc) is 3.81. The first kappa shape index (κ1) is 35.8. The van der Waals surface area contributed by atoms with Gasteiger partial charge in [-0.25, -0.2) is 9.97 Å². The van der Waals surface area contributed by atoms with Crippen LogP contribution >= 0.6 is 0 Å². The molecule has 0 amide bonds. The maximum Gasteiger partial charge on any atom is 0.160 e. The summed E-state index contributed by atoms with van der Waals surface area (Å²) in [5.74, 6) is 0.694. The largest absolute Gasteiger partial charge is 0.309 e. The van der Waals surface area contributed by atoms with Gasteiger partial charge in [0.15, 0.2) is 5.82 Å². The summed E-state index contributed by atoms with van der Waals surface area (Å²) in [5, 5.41) is 6.42. The second kappa shape index (κ2) is 14.2. The van der Waals surface area contributed by atoms with E-state index in [4.69, 9.17) is 9.97 Å². The van der Waals surface area contributed by atoms with Crippen LogP contribution in [0.2, 0.25) is 19.6 Å². The summed E-state index contributed by atoms with van der Waals surface area (Å²) >= 11 is 0. The Hall–Kier alpha value is -7.34. The van der Waals surface area contributed by atoms with E-state index in [0.717, 1.165) is 44.8 Å². The van der Waals surface area contributed by atoms with Gasteiger partial charge < -0.3 is 9.13 Å². The minimum Gasteiger partial charge on any atom is -0.309 e. The average molecular weight is 787 g/mol. The Morgan fingerprint density at radius 2 is 0.850 bits per heavy atom. The summed E-state index contributed by atoms with van der Waals surface area (Å²) in [7, 11) is -1.43. The molecule has 4 nitrogen and oxygen atoms in total. The molecule has 3 aromatic heterocycles. The van der Waals surface area contributed by atoms with Crippen LogP contribution in [0.4, 0.5) is 0 Å². The van der Waals surface area contributed by atoms with Crippen LogP contribution in [0.3, 0.4) is 0 Å². The summed E-state index contributed by atoms with van der Waals surface area (Å²) in [6.07, 6.45) is 0. The van der Waals surface area contributed by atoms with E-state index in [0.29, 0.717) is 5.82 Å². The zero-order chi connectivity index (χ0) is 40.4. The molecule has 0 aliphatic rings. The lowest BCUT2D eigenvalue weighted by Crippen LogP contribution is -2.37. The Bertz CT molecular complexity index is 3330. The predicted molar refractivity (Wildman–Crippen MR) is 255 cm³/mol. The topological polar surface area (TPSA) is 35.6 Å². The summed E-state index contributed by atoms with van der Waals surface area (Å²) in [4.78, 5) is 10.3. The fourth-order valence-corrected chi connectivity index (χ4v) is 10.0. The Morgan fingerprint density at radius 1 is 0.333 bits per heavy atom. The number of para-hydroxylation sites is 2. The highest BCUT2D eigenvalue weighted by molar-refractivity contribution is 6.88. The fraction of sp³-hybridized carbons (Fsp3) is 0.0545. The van der Waals surface area contributed by atoms with Crippen molar-refractivity contribution < 1.29 is 0 Å². The smallest absolute Gasteiger partial charge is 0.160 e. The molecule has 0 spiro atoms. The van der Waals surface area contributed by atoms with Crippen molar-refractivity contribution in [3.63, 3.8) is 0 Å². The van der Waals surface area contributed by atoms with E-state index in [1.165, 1.54) is 54.6 Å². The van der Waals surface area contributed by atoms with Gasteiger partial charge in [-0.3, -0.25) is 0 Å². The van der Waals surface area contributed by atoms with E-state index in [2.05, 4.69) is 217 Å². The van der Waals surface area contributed by atoms with Crippen LogP contribution in [-0.2, 0) is 0 Å². The number of hydrogen-bond acceptors (Lipinski definition) is 2. The molecule has 0 unspecified atom stereocenters. The van der Waals surface area contributed by atoms with Crippen molar-refractivity contribution in [3.05, 3.63) is 200 Å². The number of rotatable bonds is 7. The maximum atomic E-state index is 5.15. The molecular weight excluding hydrogens is 745 g/mol. The molecular formula is C55H42N4Si. The summed E-state index contributed by atoms with van der Waals surface area (Å²) in [5.41, 5.74) is 14.2. The Kier molecular flexibility index (Phi) is 8.46. The maximum absolute atomic E-state index is 5.15. The number of fused-ring (bicyclic) bond motifs is 6. The highest BCUT2D eigenvalue weighted by Crippen LogP contribution is 2.39. The van der Waals surface area contributed by atoms with E-state index in [1.807, 2.05) is 12.1 Å². The van der Waals surface area contributed by atoms with Gasteiger partial charge in [-0.2, -0.15) is 0 Å². The standard InChI is InChI=1S/C55H42N4Si/c1-60(2,3)44-29-27-42(28-30-44)58-51-23-12-10-21-45(51)47-31-25-40(35-54(47)58)39-26-32-53-48(34-39)46-22-11-13-24-52(46)59(53)43-20-14-19-41(33-43)55-56-49(37-15-6-4-7-16-37)36-50(57-55)38-17-8-5-9-18-38/h4-36H,1-3H3. The van der Waals surface area contributed by atoms with Gasteiger partial charge in [0.05, 0.1) is 41.5 Å². The van der Waals surface area contributed by atoms with Crippen LogP contribution in [0.15, 0.2) is 200 Å². The molecule has 11 aromatic rings. The lowest BCUT2D eigenvalue weighted by molar-refractivity contribution is 1.16. The first-order valence-corrected chi connectivity index (χ1v) is 24.2. The second-order valence-corrected chi connectivity index (χ2v) is 21.8. The van der Waals surface area contributed by atoms with Crippen LogP contribution in [0, 0.1) is 0 Å². The van der Waals surface area contributed by atoms with Crippen molar-refractivity contribution >= 4 is 56.9 Å². The molecule has 0 aliphatic carbocycles. The third-order valence-corrected chi connectivity index (χ3v) is 14.0. The minimum absolute atomic E-state index is 0.694. The second-order valence-electron chi connectivity index (χ2n) is 16.7. The molecule has 0 fully saturated rings. The molecule has 286 valence electrons. The van der Waals surface area contributed by atoms with Gasteiger partial charge in [0.25, 0.3) is 0 Å². The third-order valence-electron chi connectivity index (χ3n) is 11.9. The fourth-order valence-electron chi connectivity index (χ4n) is 8.84. The molecule has 0 radical (unpaired) electrons. The molecule has 60 heavy (non-hydrogen) atoms. The number of hydrogen-bond donors (Lipinski definition) is 0. The van der Waals surface area contributed by atoms with Crippen molar-refractivity contribution in [3.8, 4) is 56.4 Å². The minimum atomic E-state index is -1.43. The molecule has 11 rings (SSSR count). The summed E-state index contributed by atoms with van der Waals surface area (Å²) < 4.78 is 4.81. The van der Waals surface area contributed by atoms with Gasteiger partial charge in [-0.15, -0.1) is 0 Å². The lowest BCUT2D eigenvalue weighted by Gasteiger charge is -2.17. The molecule has 8 aromatic carbocycles. The van der Waals surface area contributed by atoms with Crippen molar-refractivity contribution in [2.45, 2.75) is 19.6 Å². The van der Waals surface area contributed by atoms with Crippen molar-refractivity contribution in [2.75, 3.05) is 0 Å². The van der Waals surface area contributed by atoms with E-state index in [-0.39, 0.29) is 0 Å². The molecule has 0 saturated heterocycles. The summed E-state index contributed by atoms with van der Waals surface area (Å²) in [6.45, 7) is 7.22. The number of nitrogens with zero attached hydrogens (tertiary/aromatic N) is 4. The van der Waals surface area contributed by atoms with E-state index >= 15 is 0 Å². The molecule has 0 atom stereocenters. The van der Waals surface area contributed by atoms with Crippen molar-refractivity contribution in [2.24, 2.45) is 0 Å². The Morgan fingerprint density at radius 3 is 1.50 bits per heavy atom. The molecule has 0 aliphatic heterocycles. The third kappa shape index (κ3) is 6.14. The van der Waals surface area contributed by atoms with Crippen LogP contribution < -0.4 is 5.19 Å². The lowest BCUT2D eigenvalue weighted by atomic mass is 10.0. The first-order valence-electron chi connectivity index (χ1n) is 20.7. The van der Waals surface area contributed by atoms with E-state index in [9.17, 15) is 0 Å². The summed E-state index contributed by atoms with van der Waals surface area (Å²) in [6, 6.07) is 72.1. The Balaban J connectivity index is 1.04. The predicted octanol–water partition coefficient (Wildman–Crippen LogP) is 13.9. The van der Waals surface area contributed by atoms with Gasteiger partial charge in [0, 0.05) is 49.6 Å². The van der Waals surface area contributed by atoms with E-state index < -0.39 is 8.07 Å². The van der Waals surface area contributed by atoms with Gasteiger partial charge in [-0.1, -0.05) is 164 Å². The van der Waals surface area contributed by atoms with Gasteiger partial charge in [0.1, 0.15) is 0 Å². The van der Waals surface area contributed by atoms with Crippen molar-refractivity contribution in [1.29, 1.82) is 0 Å². The quantitative estimate of drug-likeness (QED) is 0.151. The zero-order valence-electron chi connectivity index (χ0n) is 33.8. The van der Waals surface area contributed by atoms with Gasteiger partial charge in [0.2, 0.25) is 0 Å². The van der Waals surface area contributed by atoms with Gasteiger partial charge >= 0.3 is 0 Å². The molecule has 5 heteroatoms. The van der Waals surface area contributed by atoms with E-state index in [1.54, 1.807) is 0 Å². The highest BCUT2D eigenvalue weighted by atomic mass is 28.3. The molecule has 3 heterocycles. The van der Waals surface area contributed by atoms with Crippen LogP contribution in [0.25, 0.3) is 100 Å². The first-order chi connectivity index (χ1) is 29.4. The molecule has 0 saturated carbocycles. The van der Waals surface area contributed by atoms with Crippen LogP contribution in [-0.4, -0.2) is 27.2 Å². The normalized spacial score (nSPS) is 11.9. The highest BCUT2D eigenvalue weighted by Gasteiger charge is 2.19.